The van der Waals surface area contributed by atoms with Gasteiger partial charge < -0.3 is 10.2 Å². The largest absolute Gasteiger partial charge is 0.368 e. The lowest BCUT2D eigenvalue weighted by molar-refractivity contribution is 0.561. The average Bonchev–Trinajstić information content (AvgIpc) is 2.41. The van der Waals surface area contributed by atoms with Gasteiger partial charge >= 0.3 is 0 Å². The second-order valence-electron chi connectivity index (χ2n) is 4.71. The number of hydrogen-bond acceptors (Lipinski definition) is 6. The van der Waals surface area contributed by atoms with Crippen molar-refractivity contribution in [3.05, 3.63) is 17.7 Å². The van der Waals surface area contributed by atoms with Crippen LogP contribution in [-0.4, -0.2) is 49.6 Å². The molecule has 0 saturated carbocycles. The normalized spacial score (nSPS) is 19.6. The van der Waals surface area contributed by atoms with E-state index in [1.54, 1.807) is 6.92 Å². The van der Waals surface area contributed by atoms with Crippen LogP contribution in [0.5, 0.6) is 0 Å². The lowest BCUT2D eigenvalue weighted by atomic mass is 10.3. The molecule has 1 saturated heterocycles. The highest BCUT2D eigenvalue weighted by Gasteiger charge is 2.33. The first-order valence-corrected chi connectivity index (χ1v) is 9.58. The second kappa shape index (κ2) is 6.35. The first kappa shape index (κ1) is 16.3. The van der Waals surface area contributed by atoms with E-state index in [2.05, 4.69) is 10.3 Å². The van der Waals surface area contributed by atoms with Crippen molar-refractivity contribution < 1.29 is 17.2 Å². The van der Waals surface area contributed by atoms with Gasteiger partial charge in [-0.25, -0.2) is 22.2 Å². The summed E-state index contributed by atoms with van der Waals surface area (Å²) < 4.78 is 51.4. The molecular formula is C12H17F2N3O2S2. The molecule has 1 atom stereocenters. The minimum Gasteiger partial charge on any atom is -0.368 e. The van der Waals surface area contributed by atoms with Gasteiger partial charge in [0.05, 0.1) is 0 Å². The molecule has 21 heavy (non-hydrogen) atoms. The summed E-state index contributed by atoms with van der Waals surface area (Å²) in [5.74, 6) is -0.827. The Morgan fingerprint density at radius 2 is 2.19 bits per heavy atom. The van der Waals surface area contributed by atoms with Crippen molar-refractivity contribution in [1.82, 2.24) is 4.98 Å². The van der Waals surface area contributed by atoms with Gasteiger partial charge in [-0.1, -0.05) is 0 Å². The summed E-state index contributed by atoms with van der Waals surface area (Å²) in [6.07, 6.45) is 1.11. The number of hydrogen-bond donors (Lipinski definition) is 1. The molecule has 1 aliphatic rings. The van der Waals surface area contributed by atoms with E-state index in [9.17, 15) is 17.2 Å². The third-order valence-electron chi connectivity index (χ3n) is 3.11. The van der Waals surface area contributed by atoms with Gasteiger partial charge in [0, 0.05) is 36.9 Å². The van der Waals surface area contributed by atoms with Crippen LogP contribution in [0.1, 0.15) is 6.92 Å². The molecule has 0 amide bonds. The Morgan fingerprint density at radius 3 is 2.81 bits per heavy atom. The van der Waals surface area contributed by atoms with E-state index >= 15 is 0 Å². The Balaban J connectivity index is 2.45. The molecule has 0 aromatic carbocycles. The van der Waals surface area contributed by atoms with Crippen LogP contribution in [0.2, 0.25) is 0 Å². The zero-order valence-electron chi connectivity index (χ0n) is 11.8. The van der Waals surface area contributed by atoms with Crippen molar-refractivity contribution in [3.63, 3.8) is 0 Å². The number of sulfone groups is 1. The lowest BCUT2D eigenvalue weighted by Gasteiger charge is -2.35. The van der Waals surface area contributed by atoms with Gasteiger partial charge in [-0.15, -0.1) is 0 Å². The van der Waals surface area contributed by atoms with Crippen molar-refractivity contribution in [3.8, 4) is 0 Å². The van der Waals surface area contributed by atoms with Gasteiger partial charge in [0.1, 0.15) is 5.37 Å². The number of thioether (sulfide) groups is 1. The van der Waals surface area contributed by atoms with Gasteiger partial charge in [0.25, 0.3) is 0 Å². The molecule has 118 valence electrons. The molecule has 1 aromatic rings. The molecule has 0 aliphatic carbocycles. The summed E-state index contributed by atoms with van der Waals surface area (Å²) in [6.45, 7) is 2.55. The fourth-order valence-electron chi connectivity index (χ4n) is 2.13. The van der Waals surface area contributed by atoms with Crippen molar-refractivity contribution in [2.24, 2.45) is 0 Å². The molecule has 9 heteroatoms. The van der Waals surface area contributed by atoms with Crippen LogP contribution in [0.15, 0.2) is 6.07 Å². The number of rotatable bonds is 4. The number of nitrogens with one attached hydrogen (secondary N) is 1. The van der Waals surface area contributed by atoms with Crippen LogP contribution in [0.4, 0.5) is 20.4 Å². The maximum atomic E-state index is 14.0. The van der Waals surface area contributed by atoms with E-state index in [4.69, 9.17) is 0 Å². The van der Waals surface area contributed by atoms with E-state index in [0.29, 0.717) is 24.6 Å². The summed E-state index contributed by atoms with van der Waals surface area (Å²) in [5, 5.41) is 1.85. The zero-order valence-corrected chi connectivity index (χ0v) is 13.4. The van der Waals surface area contributed by atoms with Gasteiger partial charge in [-0.3, -0.25) is 0 Å². The second-order valence-corrected chi connectivity index (χ2v) is 8.06. The fraction of sp³-hybridized carbons (Fsp3) is 0.583. The number of anilines is 2. The Morgan fingerprint density at radius 1 is 1.48 bits per heavy atom. The third-order valence-corrected chi connectivity index (χ3v) is 5.75. The van der Waals surface area contributed by atoms with Gasteiger partial charge in [-0.05, 0) is 6.92 Å². The molecule has 1 aliphatic heterocycles. The minimum absolute atomic E-state index is 0.0700. The standard InChI is InChI=1S/C12H17F2N3O2S2/c1-3-15-11-8(13)6-9(14)12(16-11)17-4-5-20-7-10(17)21(2,18)19/h6,10H,3-5,7H2,1-2H3,(H,15,16). The highest BCUT2D eigenvalue weighted by molar-refractivity contribution is 8.01. The summed E-state index contributed by atoms with van der Waals surface area (Å²) in [6, 6.07) is 0.738. The van der Waals surface area contributed by atoms with E-state index < -0.39 is 26.8 Å². The molecular weight excluding hydrogens is 320 g/mol. The summed E-state index contributed by atoms with van der Waals surface area (Å²) in [4.78, 5) is 5.34. The molecule has 2 heterocycles. The molecule has 0 radical (unpaired) electrons. The van der Waals surface area contributed by atoms with Crippen LogP contribution >= 0.6 is 11.8 Å². The van der Waals surface area contributed by atoms with Crippen LogP contribution in [-0.2, 0) is 9.84 Å². The topological polar surface area (TPSA) is 62.3 Å². The Labute approximate surface area is 127 Å². The maximum absolute atomic E-state index is 14.0. The minimum atomic E-state index is -3.39. The number of pyridine rings is 1. The van der Waals surface area contributed by atoms with E-state index in [1.165, 1.54) is 16.7 Å². The molecule has 1 aromatic heterocycles. The quantitative estimate of drug-likeness (QED) is 0.903. The van der Waals surface area contributed by atoms with Crippen LogP contribution in [0.25, 0.3) is 0 Å². The number of nitrogens with zero attached hydrogens (tertiary/aromatic N) is 2. The van der Waals surface area contributed by atoms with Crippen molar-refractivity contribution in [1.29, 1.82) is 0 Å². The van der Waals surface area contributed by atoms with Crippen molar-refractivity contribution in [2.45, 2.75) is 12.3 Å². The summed E-state index contributed by atoms with van der Waals surface area (Å²) in [7, 11) is -3.39. The first-order chi connectivity index (χ1) is 9.84. The zero-order chi connectivity index (χ0) is 15.6. The van der Waals surface area contributed by atoms with E-state index in [-0.39, 0.29) is 11.6 Å². The highest BCUT2D eigenvalue weighted by atomic mass is 32.2. The van der Waals surface area contributed by atoms with Crippen LogP contribution in [0, 0.1) is 11.6 Å². The molecule has 1 fully saturated rings. The molecule has 1 unspecified atom stereocenters. The SMILES string of the molecule is CCNc1nc(N2CCSCC2S(C)(=O)=O)c(F)cc1F. The molecule has 0 bridgehead atoms. The third kappa shape index (κ3) is 3.57. The molecule has 5 nitrogen and oxygen atoms in total. The van der Waals surface area contributed by atoms with Gasteiger partial charge in [0.2, 0.25) is 0 Å². The van der Waals surface area contributed by atoms with Crippen LogP contribution < -0.4 is 10.2 Å². The highest BCUT2D eigenvalue weighted by Crippen LogP contribution is 2.29. The predicted octanol–water partition coefficient (Wildman–Crippen LogP) is 1.72. The summed E-state index contributed by atoms with van der Waals surface area (Å²) in [5.41, 5.74) is 0. The van der Waals surface area contributed by atoms with Gasteiger partial charge in [-0.2, -0.15) is 11.8 Å². The number of aromatic nitrogens is 1. The van der Waals surface area contributed by atoms with E-state index in [1.807, 2.05) is 0 Å². The molecule has 1 N–H and O–H groups in total. The van der Waals surface area contributed by atoms with Crippen LogP contribution in [0.3, 0.4) is 0 Å². The molecule has 0 spiro atoms. The fourth-order valence-corrected chi connectivity index (χ4v) is 4.95. The van der Waals surface area contributed by atoms with Crippen molar-refractivity contribution >= 4 is 33.2 Å². The smallest absolute Gasteiger partial charge is 0.169 e. The maximum Gasteiger partial charge on any atom is 0.169 e. The summed E-state index contributed by atoms with van der Waals surface area (Å²) >= 11 is 1.49. The Bertz CT molecular complexity index is 625. The monoisotopic (exact) mass is 337 g/mol. The lowest BCUT2D eigenvalue weighted by Crippen LogP contribution is -2.47. The predicted molar refractivity (Wildman–Crippen MR) is 81.6 cm³/mol. The number of halogens is 2. The Hall–Kier alpha value is -1.09. The molecule has 2 rings (SSSR count). The Kier molecular flexibility index (Phi) is 4.92. The van der Waals surface area contributed by atoms with Crippen molar-refractivity contribution in [2.75, 3.05) is 41.1 Å². The first-order valence-electron chi connectivity index (χ1n) is 6.47. The van der Waals surface area contributed by atoms with Gasteiger partial charge in [0.15, 0.2) is 33.1 Å². The average molecular weight is 337 g/mol. The van der Waals surface area contributed by atoms with E-state index in [0.717, 1.165) is 12.3 Å².